The van der Waals surface area contributed by atoms with Crippen LogP contribution in [0.15, 0.2) is 36.8 Å². The molecule has 1 unspecified atom stereocenters. The zero-order chi connectivity index (χ0) is 13.0. The van der Waals surface area contributed by atoms with Crippen molar-refractivity contribution in [3.8, 4) is 0 Å². The first-order valence-corrected chi connectivity index (χ1v) is 6.18. The highest BCUT2D eigenvalue weighted by molar-refractivity contribution is 5.16. The van der Waals surface area contributed by atoms with Gasteiger partial charge in [0, 0.05) is 25.2 Å². The van der Waals surface area contributed by atoms with E-state index < -0.39 is 0 Å². The normalized spacial score (nSPS) is 12.6. The number of halogens is 1. The zero-order valence-corrected chi connectivity index (χ0v) is 10.5. The third kappa shape index (κ3) is 3.40. The van der Waals surface area contributed by atoms with Crippen LogP contribution in [-0.2, 0) is 13.0 Å². The fourth-order valence-corrected chi connectivity index (χ4v) is 1.81. The molecule has 0 aliphatic carbocycles. The Balaban J connectivity index is 2.00. The third-order valence-electron chi connectivity index (χ3n) is 2.96. The molecule has 0 saturated heterocycles. The molecule has 3 nitrogen and oxygen atoms in total. The van der Waals surface area contributed by atoms with Gasteiger partial charge in [-0.2, -0.15) is 0 Å². The van der Waals surface area contributed by atoms with E-state index in [0.29, 0.717) is 6.54 Å². The standard InChI is InChI=1S/C14H18FN3/c1-2-13(16)7-14-9-18(10-17-14)8-11-3-5-12(15)6-4-11/h3-6,9-10,13H,2,7-8,16H2,1H3. The van der Waals surface area contributed by atoms with Crippen molar-refractivity contribution in [2.45, 2.75) is 32.4 Å². The summed E-state index contributed by atoms with van der Waals surface area (Å²) in [7, 11) is 0. The van der Waals surface area contributed by atoms with Crippen molar-refractivity contribution in [1.82, 2.24) is 9.55 Å². The lowest BCUT2D eigenvalue weighted by Gasteiger charge is -2.05. The van der Waals surface area contributed by atoms with Crippen LogP contribution in [0.1, 0.15) is 24.6 Å². The Bertz CT molecular complexity index is 490. The Morgan fingerprint density at radius 1 is 1.33 bits per heavy atom. The van der Waals surface area contributed by atoms with Gasteiger partial charge in [-0.3, -0.25) is 0 Å². The van der Waals surface area contributed by atoms with Crippen LogP contribution < -0.4 is 5.73 Å². The summed E-state index contributed by atoms with van der Waals surface area (Å²) in [5.74, 6) is -0.209. The average Bonchev–Trinajstić information content (AvgIpc) is 2.79. The van der Waals surface area contributed by atoms with Crippen LogP contribution in [0.3, 0.4) is 0 Å². The predicted molar refractivity (Wildman–Crippen MR) is 69.7 cm³/mol. The molecule has 96 valence electrons. The lowest BCUT2D eigenvalue weighted by atomic mass is 10.1. The third-order valence-corrected chi connectivity index (χ3v) is 2.96. The SMILES string of the molecule is CCC(N)Cc1cn(Cc2ccc(F)cc2)cn1. The predicted octanol–water partition coefficient (Wildman–Crippen LogP) is 2.35. The lowest BCUT2D eigenvalue weighted by Crippen LogP contribution is -2.21. The van der Waals surface area contributed by atoms with E-state index in [1.807, 2.05) is 10.8 Å². The van der Waals surface area contributed by atoms with Gasteiger partial charge in [0.15, 0.2) is 0 Å². The Morgan fingerprint density at radius 3 is 2.72 bits per heavy atom. The van der Waals surface area contributed by atoms with Gasteiger partial charge < -0.3 is 10.3 Å². The Morgan fingerprint density at radius 2 is 2.06 bits per heavy atom. The summed E-state index contributed by atoms with van der Waals surface area (Å²) in [5, 5.41) is 0. The second-order valence-electron chi connectivity index (χ2n) is 4.54. The van der Waals surface area contributed by atoms with Gasteiger partial charge in [-0.15, -0.1) is 0 Å². The molecule has 1 aromatic heterocycles. The van der Waals surface area contributed by atoms with Crippen molar-refractivity contribution in [2.75, 3.05) is 0 Å². The number of hydrogen-bond acceptors (Lipinski definition) is 2. The van der Waals surface area contributed by atoms with Crippen molar-refractivity contribution in [2.24, 2.45) is 5.73 Å². The quantitative estimate of drug-likeness (QED) is 0.881. The first-order valence-electron chi connectivity index (χ1n) is 6.18. The summed E-state index contributed by atoms with van der Waals surface area (Å²) in [6.07, 6.45) is 5.54. The van der Waals surface area contributed by atoms with Crippen LogP contribution in [0.4, 0.5) is 4.39 Å². The fraction of sp³-hybridized carbons (Fsp3) is 0.357. The van der Waals surface area contributed by atoms with E-state index >= 15 is 0 Å². The number of rotatable bonds is 5. The Kier molecular flexibility index (Phi) is 4.10. The maximum atomic E-state index is 12.8. The first-order chi connectivity index (χ1) is 8.67. The molecule has 0 saturated carbocycles. The molecule has 0 aliphatic rings. The van der Waals surface area contributed by atoms with Crippen molar-refractivity contribution in [1.29, 1.82) is 0 Å². The van der Waals surface area contributed by atoms with Gasteiger partial charge in [-0.25, -0.2) is 9.37 Å². The molecule has 4 heteroatoms. The van der Waals surface area contributed by atoms with Gasteiger partial charge in [0.2, 0.25) is 0 Å². The van der Waals surface area contributed by atoms with Crippen LogP contribution in [0.25, 0.3) is 0 Å². The van der Waals surface area contributed by atoms with Gasteiger partial charge in [-0.05, 0) is 24.1 Å². The van der Waals surface area contributed by atoms with Crippen LogP contribution in [0.5, 0.6) is 0 Å². The highest BCUT2D eigenvalue weighted by atomic mass is 19.1. The van der Waals surface area contributed by atoms with Crippen molar-refractivity contribution in [3.05, 3.63) is 53.9 Å². The van der Waals surface area contributed by atoms with E-state index in [1.165, 1.54) is 12.1 Å². The number of nitrogens with two attached hydrogens (primary N) is 1. The lowest BCUT2D eigenvalue weighted by molar-refractivity contribution is 0.626. The molecule has 1 aromatic carbocycles. The molecule has 18 heavy (non-hydrogen) atoms. The molecule has 2 aromatic rings. The van der Waals surface area contributed by atoms with Gasteiger partial charge in [0.25, 0.3) is 0 Å². The van der Waals surface area contributed by atoms with E-state index in [-0.39, 0.29) is 11.9 Å². The molecule has 2 N–H and O–H groups in total. The topological polar surface area (TPSA) is 43.8 Å². The van der Waals surface area contributed by atoms with Gasteiger partial charge >= 0.3 is 0 Å². The zero-order valence-electron chi connectivity index (χ0n) is 10.5. The Labute approximate surface area is 106 Å². The summed E-state index contributed by atoms with van der Waals surface area (Å²) in [6.45, 7) is 2.77. The van der Waals surface area contributed by atoms with Crippen molar-refractivity contribution >= 4 is 0 Å². The van der Waals surface area contributed by atoms with Crippen LogP contribution in [0.2, 0.25) is 0 Å². The number of benzene rings is 1. The molecule has 0 bridgehead atoms. The molecule has 0 amide bonds. The largest absolute Gasteiger partial charge is 0.333 e. The van der Waals surface area contributed by atoms with E-state index in [4.69, 9.17) is 5.73 Å². The molecule has 1 atom stereocenters. The molecule has 1 heterocycles. The maximum absolute atomic E-state index is 12.8. The smallest absolute Gasteiger partial charge is 0.123 e. The molecule has 0 spiro atoms. The van der Waals surface area contributed by atoms with Crippen molar-refractivity contribution < 1.29 is 4.39 Å². The van der Waals surface area contributed by atoms with Crippen molar-refractivity contribution in [3.63, 3.8) is 0 Å². The van der Waals surface area contributed by atoms with E-state index in [1.54, 1.807) is 18.5 Å². The second kappa shape index (κ2) is 5.78. The van der Waals surface area contributed by atoms with E-state index in [2.05, 4.69) is 11.9 Å². The van der Waals surface area contributed by atoms with Crippen LogP contribution in [-0.4, -0.2) is 15.6 Å². The molecular weight excluding hydrogens is 229 g/mol. The number of nitrogens with zero attached hydrogens (tertiary/aromatic N) is 2. The highest BCUT2D eigenvalue weighted by Crippen LogP contribution is 2.07. The summed E-state index contributed by atoms with van der Waals surface area (Å²) >= 11 is 0. The second-order valence-corrected chi connectivity index (χ2v) is 4.54. The molecule has 0 fully saturated rings. The summed E-state index contributed by atoms with van der Waals surface area (Å²) in [6, 6.07) is 6.68. The first kappa shape index (κ1) is 12.8. The van der Waals surface area contributed by atoms with Gasteiger partial charge in [0.05, 0.1) is 12.0 Å². The summed E-state index contributed by atoms with van der Waals surface area (Å²) < 4.78 is 14.8. The summed E-state index contributed by atoms with van der Waals surface area (Å²) in [5.41, 5.74) is 7.95. The molecular formula is C14H18FN3. The van der Waals surface area contributed by atoms with E-state index in [0.717, 1.165) is 24.1 Å². The average molecular weight is 247 g/mol. The van der Waals surface area contributed by atoms with Crippen LogP contribution >= 0.6 is 0 Å². The summed E-state index contributed by atoms with van der Waals surface area (Å²) in [4.78, 5) is 4.33. The Hall–Kier alpha value is -1.68. The molecule has 0 radical (unpaired) electrons. The minimum Gasteiger partial charge on any atom is -0.333 e. The maximum Gasteiger partial charge on any atom is 0.123 e. The van der Waals surface area contributed by atoms with Gasteiger partial charge in [0.1, 0.15) is 5.82 Å². The fourth-order valence-electron chi connectivity index (χ4n) is 1.81. The number of aromatic nitrogens is 2. The van der Waals surface area contributed by atoms with Crippen LogP contribution in [0, 0.1) is 5.82 Å². The minimum absolute atomic E-state index is 0.166. The monoisotopic (exact) mass is 247 g/mol. The highest BCUT2D eigenvalue weighted by Gasteiger charge is 2.05. The minimum atomic E-state index is -0.209. The molecule has 0 aliphatic heterocycles. The van der Waals surface area contributed by atoms with Gasteiger partial charge in [-0.1, -0.05) is 19.1 Å². The van der Waals surface area contributed by atoms with E-state index in [9.17, 15) is 4.39 Å². The number of hydrogen-bond donors (Lipinski definition) is 1. The number of imidazole rings is 1. The molecule has 2 rings (SSSR count).